The molecule has 0 radical (unpaired) electrons. The van der Waals surface area contributed by atoms with Gasteiger partial charge >= 0.3 is 0 Å². The first-order valence-corrected chi connectivity index (χ1v) is 11.3. The minimum Gasteiger partial charge on any atom is -0.457 e. The van der Waals surface area contributed by atoms with E-state index in [0.717, 1.165) is 48.0 Å². The van der Waals surface area contributed by atoms with Gasteiger partial charge < -0.3 is 15.0 Å². The standard InChI is InChI=1S/C26H28N4O2/c1-2-26(31)29-16-6-7-21(18-29)30-25(27-20-12-13-20)17-24(28-30)19-10-14-23(15-11-19)32-22-8-4-3-5-9-22/h2-5,8-11,14-15,17,20-21,27H,1,6-7,12-13,16,18H2. The molecular formula is C26H28N4O2. The summed E-state index contributed by atoms with van der Waals surface area (Å²) in [5, 5.41) is 8.59. The van der Waals surface area contributed by atoms with Crippen LogP contribution in [0.3, 0.4) is 0 Å². The van der Waals surface area contributed by atoms with Crippen molar-refractivity contribution in [3.8, 4) is 22.8 Å². The number of carbonyl (C=O) groups excluding carboxylic acids is 1. The van der Waals surface area contributed by atoms with Crippen molar-refractivity contribution in [1.82, 2.24) is 14.7 Å². The maximum Gasteiger partial charge on any atom is 0.246 e. The average molecular weight is 429 g/mol. The summed E-state index contributed by atoms with van der Waals surface area (Å²) in [6.07, 6.45) is 5.76. The van der Waals surface area contributed by atoms with E-state index < -0.39 is 0 Å². The molecule has 2 heterocycles. The number of nitrogens with zero attached hydrogens (tertiary/aromatic N) is 3. The second-order valence-corrected chi connectivity index (χ2v) is 8.50. The van der Waals surface area contributed by atoms with Crippen LogP contribution in [0.1, 0.15) is 31.7 Å². The predicted octanol–water partition coefficient (Wildman–Crippen LogP) is 5.27. The third kappa shape index (κ3) is 4.54. The van der Waals surface area contributed by atoms with Crippen LogP contribution in [0.5, 0.6) is 11.5 Å². The number of aromatic nitrogens is 2. The van der Waals surface area contributed by atoms with E-state index in [4.69, 9.17) is 9.84 Å². The number of para-hydroxylation sites is 1. The minimum atomic E-state index is -0.00668. The summed E-state index contributed by atoms with van der Waals surface area (Å²) in [6.45, 7) is 5.08. The summed E-state index contributed by atoms with van der Waals surface area (Å²) < 4.78 is 8.00. The molecule has 32 heavy (non-hydrogen) atoms. The Kier molecular flexibility index (Phi) is 5.67. The van der Waals surface area contributed by atoms with E-state index in [2.05, 4.69) is 22.6 Å². The molecule has 1 N–H and O–H groups in total. The Hall–Kier alpha value is -3.54. The largest absolute Gasteiger partial charge is 0.457 e. The van der Waals surface area contributed by atoms with Crippen molar-refractivity contribution < 1.29 is 9.53 Å². The normalized spacial score (nSPS) is 18.2. The number of nitrogens with one attached hydrogen (secondary N) is 1. The van der Waals surface area contributed by atoms with Crippen molar-refractivity contribution in [2.75, 3.05) is 18.4 Å². The molecule has 6 heteroatoms. The van der Waals surface area contributed by atoms with Gasteiger partial charge in [0.1, 0.15) is 17.3 Å². The first-order chi connectivity index (χ1) is 15.7. The number of hydrogen-bond acceptors (Lipinski definition) is 4. The van der Waals surface area contributed by atoms with E-state index in [-0.39, 0.29) is 11.9 Å². The highest BCUT2D eigenvalue weighted by molar-refractivity contribution is 5.87. The molecule has 1 aliphatic heterocycles. The van der Waals surface area contributed by atoms with Gasteiger partial charge in [-0.2, -0.15) is 5.10 Å². The molecule has 1 saturated carbocycles. The molecule has 2 fully saturated rings. The molecule has 2 aliphatic rings. The van der Waals surface area contributed by atoms with E-state index in [0.29, 0.717) is 12.6 Å². The zero-order valence-corrected chi connectivity index (χ0v) is 18.1. The SMILES string of the molecule is C=CC(=O)N1CCCC(n2nc(-c3ccc(Oc4ccccc4)cc3)cc2NC2CC2)C1. The minimum absolute atomic E-state index is 0.00668. The molecule has 0 bridgehead atoms. The lowest BCUT2D eigenvalue weighted by atomic mass is 10.1. The molecule has 1 amide bonds. The molecule has 1 saturated heterocycles. The van der Waals surface area contributed by atoms with E-state index in [1.807, 2.05) is 59.5 Å². The van der Waals surface area contributed by atoms with E-state index in [1.54, 1.807) is 0 Å². The predicted molar refractivity (Wildman–Crippen MR) is 126 cm³/mol. The van der Waals surface area contributed by atoms with Crippen LogP contribution in [0, 0.1) is 0 Å². The number of hydrogen-bond donors (Lipinski definition) is 1. The van der Waals surface area contributed by atoms with Gasteiger partial charge in [0.15, 0.2) is 0 Å². The quantitative estimate of drug-likeness (QED) is 0.521. The van der Waals surface area contributed by atoms with Gasteiger partial charge in [0.2, 0.25) is 5.91 Å². The maximum atomic E-state index is 12.2. The van der Waals surface area contributed by atoms with Gasteiger partial charge in [-0.15, -0.1) is 0 Å². The van der Waals surface area contributed by atoms with Gasteiger partial charge in [-0.25, -0.2) is 4.68 Å². The number of carbonyl (C=O) groups is 1. The highest BCUT2D eigenvalue weighted by Crippen LogP contribution is 2.33. The molecule has 3 aromatic rings. The van der Waals surface area contributed by atoms with Gasteiger partial charge in [-0.1, -0.05) is 24.8 Å². The summed E-state index contributed by atoms with van der Waals surface area (Å²) in [6, 6.07) is 20.6. The monoisotopic (exact) mass is 428 g/mol. The Morgan fingerprint density at radius 1 is 1.06 bits per heavy atom. The van der Waals surface area contributed by atoms with Crippen molar-refractivity contribution in [1.29, 1.82) is 0 Å². The molecule has 1 unspecified atom stereocenters. The van der Waals surface area contributed by atoms with Gasteiger partial charge in [0.05, 0.1) is 11.7 Å². The molecule has 5 rings (SSSR count). The number of benzene rings is 2. The fraction of sp³-hybridized carbons (Fsp3) is 0.308. The van der Waals surface area contributed by atoms with Crippen LogP contribution in [-0.2, 0) is 4.79 Å². The van der Waals surface area contributed by atoms with E-state index in [9.17, 15) is 4.79 Å². The third-order valence-electron chi connectivity index (χ3n) is 6.02. The van der Waals surface area contributed by atoms with Gasteiger partial charge in [-0.05, 0) is 68.2 Å². The van der Waals surface area contributed by atoms with Crippen LogP contribution in [0.25, 0.3) is 11.3 Å². The fourth-order valence-corrected chi connectivity index (χ4v) is 4.16. The Bertz CT molecular complexity index is 1090. The molecule has 164 valence electrons. The average Bonchev–Trinajstić information content (AvgIpc) is 3.56. The number of rotatable bonds is 7. The second-order valence-electron chi connectivity index (χ2n) is 8.50. The maximum absolute atomic E-state index is 12.2. The Morgan fingerprint density at radius 3 is 2.53 bits per heavy atom. The second kappa shape index (κ2) is 8.91. The summed E-state index contributed by atoms with van der Waals surface area (Å²) in [7, 11) is 0. The molecule has 1 aromatic heterocycles. The molecule has 1 aliphatic carbocycles. The van der Waals surface area contributed by atoms with E-state index >= 15 is 0 Å². The highest BCUT2D eigenvalue weighted by Gasteiger charge is 2.29. The van der Waals surface area contributed by atoms with Crippen LogP contribution in [0.15, 0.2) is 73.3 Å². The lowest BCUT2D eigenvalue weighted by molar-refractivity contribution is -0.127. The lowest BCUT2D eigenvalue weighted by Crippen LogP contribution is -2.40. The molecule has 2 aromatic carbocycles. The smallest absolute Gasteiger partial charge is 0.246 e. The topological polar surface area (TPSA) is 59.4 Å². The summed E-state index contributed by atoms with van der Waals surface area (Å²) in [4.78, 5) is 14.0. The van der Waals surface area contributed by atoms with Crippen molar-refractivity contribution in [2.24, 2.45) is 0 Å². The van der Waals surface area contributed by atoms with Crippen LogP contribution in [-0.4, -0.2) is 39.7 Å². The Balaban J connectivity index is 1.38. The number of piperidine rings is 1. The molecule has 6 nitrogen and oxygen atoms in total. The third-order valence-corrected chi connectivity index (χ3v) is 6.02. The number of amides is 1. The first-order valence-electron chi connectivity index (χ1n) is 11.3. The van der Waals surface area contributed by atoms with Gasteiger partial charge in [-0.3, -0.25) is 4.79 Å². The highest BCUT2D eigenvalue weighted by atomic mass is 16.5. The van der Waals surface area contributed by atoms with Crippen molar-refractivity contribution in [3.05, 3.63) is 73.3 Å². The van der Waals surface area contributed by atoms with Crippen LogP contribution >= 0.6 is 0 Å². The van der Waals surface area contributed by atoms with Gasteiger partial charge in [0, 0.05) is 30.8 Å². The summed E-state index contributed by atoms with van der Waals surface area (Å²) >= 11 is 0. The zero-order valence-electron chi connectivity index (χ0n) is 18.1. The first kappa shape index (κ1) is 20.4. The zero-order chi connectivity index (χ0) is 21.9. The number of likely N-dealkylation sites (tertiary alicyclic amines) is 1. The lowest BCUT2D eigenvalue weighted by Gasteiger charge is -2.33. The molecule has 0 spiro atoms. The molecular weight excluding hydrogens is 400 g/mol. The van der Waals surface area contributed by atoms with Crippen LogP contribution in [0.2, 0.25) is 0 Å². The van der Waals surface area contributed by atoms with Crippen molar-refractivity contribution in [3.63, 3.8) is 0 Å². The summed E-state index contributed by atoms with van der Waals surface area (Å²) in [5.41, 5.74) is 1.96. The van der Waals surface area contributed by atoms with Crippen molar-refractivity contribution in [2.45, 2.75) is 37.8 Å². The van der Waals surface area contributed by atoms with Crippen LogP contribution in [0.4, 0.5) is 5.82 Å². The molecule has 1 atom stereocenters. The van der Waals surface area contributed by atoms with Crippen LogP contribution < -0.4 is 10.1 Å². The number of anilines is 1. The van der Waals surface area contributed by atoms with E-state index in [1.165, 1.54) is 18.9 Å². The number of ether oxygens (including phenoxy) is 1. The summed E-state index contributed by atoms with van der Waals surface area (Å²) in [5.74, 6) is 2.63. The van der Waals surface area contributed by atoms with Crippen molar-refractivity contribution >= 4 is 11.7 Å². The Labute approximate surface area is 188 Å². The fourth-order valence-electron chi connectivity index (χ4n) is 4.16. The van der Waals surface area contributed by atoms with Gasteiger partial charge in [0.25, 0.3) is 0 Å². The Morgan fingerprint density at radius 2 is 1.81 bits per heavy atom.